The number of nitrogens with zero attached hydrogens (tertiary/aromatic N) is 1. The maximum absolute atomic E-state index is 12.0. The van der Waals surface area contributed by atoms with Gasteiger partial charge in [0.15, 0.2) is 0 Å². The molecule has 2 fully saturated rings. The number of likely N-dealkylation sites (tertiary alicyclic amines) is 1. The number of rotatable bonds is 0. The van der Waals surface area contributed by atoms with E-state index in [1.54, 1.807) is 4.90 Å². The molecule has 19 heavy (non-hydrogen) atoms. The highest BCUT2D eigenvalue weighted by atomic mass is 16.6. The van der Waals surface area contributed by atoms with Crippen LogP contribution < -0.4 is 10.6 Å². The van der Waals surface area contributed by atoms with Gasteiger partial charge in [0, 0.05) is 32.6 Å². The predicted octanol–water partition coefficient (Wildman–Crippen LogP) is 0.476. The van der Waals surface area contributed by atoms with Gasteiger partial charge in [0.25, 0.3) is 0 Å². The van der Waals surface area contributed by atoms with Gasteiger partial charge in [-0.15, -0.1) is 0 Å². The van der Waals surface area contributed by atoms with Crippen molar-refractivity contribution in [1.29, 1.82) is 0 Å². The van der Waals surface area contributed by atoms with Crippen LogP contribution in [-0.2, 0) is 9.53 Å². The molecule has 2 N–H and O–H groups in total. The van der Waals surface area contributed by atoms with Gasteiger partial charge < -0.3 is 20.3 Å². The fraction of sp³-hybridized carbons (Fsp3) is 0.846. The Balaban J connectivity index is 1.95. The summed E-state index contributed by atoms with van der Waals surface area (Å²) in [5.41, 5.74) is -0.666. The second-order valence-electron chi connectivity index (χ2n) is 6.39. The Hall–Kier alpha value is -1.30. The molecule has 0 aromatic carbocycles. The molecular weight excluding hydrogens is 246 g/mol. The van der Waals surface area contributed by atoms with Gasteiger partial charge in [-0.2, -0.15) is 0 Å². The number of hydrogen-bond donors (Lipinski definition) is 2. The Morgan fingerprint density at radius 2 is 2.16 bits per heavy atom. The molecule has 0 bridgehead atoms. The molecule has 108 valence electrons. The molecule has 2 aliphatic rings. The van der Waals surface area contributed by atoms with E-state index in [2.05, 4.69) is 10.6 Å². The fourth-order valence-corrected chi connectivity index (χ4v) is 2.50. The molecule has 2 saturated heterocycles. The van der Waals surface area contributed by atoms with Crippen molar-refractivity contribution in [3.8, 4) is 0 Å². The Morgan fingerprint density at radius 3 is 2.84 bits per heavy atom. The topological polar surface area (TPSA) is 70.7 Å². The summed E-state index contributed by atoms with van der Waals surface area (Å²) in [7, 11) is 0. The van der Waals surface area contributed by atoms with E-state index in [1.807, 2.05) is 20.8 Å². The van der Waals surface area contributed by atoms with E-state index in [0.717, 1.165) is 6.42 Å². The fourth-order valence-electron chi connectivity index (χ4n) is 2.50. The van der Waals surface area contributed by atoms with Crippen molar-refractivity contribution >= 4 is 12.0 Å². The number of hydrogen-bond acceptors (Lipinski definition) is 4. The largest absolute Gasteiger partial charge is 0.444 e. The number of amides is 2. The van der Waals surface area contributed by atoms with E-state index in [-0.39, 0.29) is 17.5 Å². The Bertz CT molecular complexity index is 378. The standard InChI is InChI=1S/C13H23N3O3/c1-12(2,3)19-11(18)16-7-5-13(9-16)8-14-10(17)4-6-15-13/h15H,4-9H2,1-3H3,(H,14,17). The molecule has 2 rings (SSSR count). The summed E-state index contributed by atoms with van der Waals surface area (Å²) in [4.78, 5) is 25.1. The van der Waals surface area contributed by atoms with Gasteiger partial charge in [0.2, 0.25) is 5.91 Å². The van der Waals surface area contributed by atoms with Gasteiger partial charge >= 0.3 is 6.09 Å². The van der Waals surface area contributed by atoms with Crippen LogP contribution in [-0.4, -0.2) is 54.2 Å². The summed E-state index contributed by atoms with van der Waals surface area (Å²) >= 11 is 0. The molecule has 6 heteroatoms. The zero-order valence-corrected chi connectivity index (χ0v) is 11.9. The van der Waals surface area contributed by atoms with Gasteiger partial charge in [-0.3, -0.25) is 4.79 Å². The van der Waals surface area contributed by atoms with Crippen molar-refractivity contribution in [2.24, 2.45) is 0 Å². The van der Waals surface area contributed by atoms with Gasteiger partial charge in [-0.25, -0.2) is 4.79 Å². The van der Waals surface area contributed by atoms with Crippen molar-refractivity contribution in [2.45, 2.75) is 44.8 Å². The first kappa shape index (κ1) is 14.1. The van der Waals surface area contributed by atoms with Crippen LogP contribution in [0.15, 0.2) is 0 Å². The van der Waals surface area contributed by atoms with Crippen LogP contribution >= 0.6 is 0 Å². The highest BCUT2D eigenvalue weighted by Gasteiger charge is 2.42. The van der Waals surface area contributed by atoms with E-state index in [0.29, 0.717) is 32.6 Å². The number of carbonyl (C=O) groups is 2. The maximum Gasteiger partial charge on any atom is 0.410 e. The lowest BCUT2D eigenvalue weighted by molar-refractivity contribution is -0.120. The third-order valence-electron chi connectivity index (χ3n) is 3.48. The highest BCUT2D eigenvalue weighted by molar-refractivity contribution is 5.76. The minimum Gasteiger partial charge on any atom is -0.444 e. The summed E-state index contributed by atoms with van der Waals surface area (Å²) in [5.74, 6) is 0.0695. The lowest BCUT2D eigenvalue weighted by atomic mass is 9.99. The van der Waals surface area contributed by atoms with Crippen LogP contribution in [0.5, 0.6) is 0 Å². The summed E-state index contributed by atoms with van der Waals surface area (Å²) < 4.78 is 5.38. The molecule has 0 radical (unpaired) electrons. The van der Waals surface area contributed by atoms with Crippen LogP contribution in [0.1, 0.15) is 33.6 Å². The van der Waals surface area contributed by atoms with E-state index in [1.165, 1.54) is 0 Å². The van der Waals surface area contributed by atoms with Gasteiger partial charge in [-0.05, 0) is 27.2 Å². The molecule has 0 aliphatic carbocycles. The van der Waals surface area contributed by atoms with Gasteiger partial charge in [0.1, 0.15) is 5.60 Å². The van der Waals surface area contributed by atoms with Crippen LogP contribution in [0.2, 0.25) is 0 Å². The molecule has 2 aliphatic heterocycles. The average molecular weight is 269 g/mol. The second kappa shape index (κ2) is 5.00. The minimum atomic E-state index is -0.474. The Labute approximate surface area is 113 Å². The van der Waals surface area contributed by atoms with Gasteiger partial charge in [0.05, 0.1) is 5.54 Å². The molecule has 2 heterocycles. The molecule has 6 nitrogen and oxygen atoms in total. The number of nitrogens with one attached hydrogen (secondary N) is 2. The Kier molecular flexibility index (Phi) is 3.71. The molecule has 2 amide bonds. The van der Waals surface area contributed by atoms with E-state index in [9.17, 15) is 9.59 Å². The summed E-state index contributed by atoms with van der Waals surface area (Å²) in [6.07, 6.45) is 1.06. The lowest BCUT2D eigenvalue weighted by Gasteiger charge is -2.29. The van der Waals surface area contributed by atoms with Crippen LogP contribution in [0.3, 0.4) is 0 Å². The monoisotopic (exact) mass is 269 g/mol. The first-order valence-corrected chi connectivity index (χ1v) is 6.79. The highest BCUT2D eigenvalue weighted by Crippen LogP contribution is 2.24. The summed E-state index contributed by atoms with van der Waals surface area (Å²) in [5, 5.41) is 6.31. The predicted molar refractivity (Wildman–Crippen MR) is 70.8 cm³/mol. The average Bonchev–Trinajstić information content (AvgIpc) is 2.60. The third-order valence-corrected chi connectivity index (χ3v) is 3.48. The van der Waals surface area contributed by atoms with Crippen LogP contribution in [0.4, 0.5) is 4.79 Å². The van der Waals surface area contributed by atoms with Crippen LogP contribution in [0, 0.1) is 0 Å². The van der Waals surface area contributed by atoms with Crippen molar-refractivity contribution in [1.82, 2.24) is 15.5 Å². The SMILES string of the molecule is CC(C)(C)OC(=O)N1CCC2(CNC(=O)CCN2)C1. The molecular formula is C13H23N3O3. The van der Waals surface area contributed by atoms with Gasteiger partial charge in [-0.1, -0.05) is 0 Å². The van der Waals surface area contributed by atoms with E-state index >= 15 is 0 Å². The quantitative estimate of drug-likeness (QED) is 0.671. The normalized spacial score (nSPS) is 28.2. The van der Waals surface area contributed by atoms with Crippen LogP contribution in [0.25, 0.3) is 0 Å². The first-order chi connectivity index (χ1) is 8.80. The smallest absolute Gasteiger partial charge is 0.410 e. The lowest BCUT2D eigenvalue weighted by Crippen LogP contribution is -2.53. The Morgan fingerprint density at radius 1 is 1.42 bits per heavy atom. The van der Waals surface area contributed by atoms with E-state index < -0.39 is 5.60 Å². The summed E-state index contributed by atoms with van der Waals surface area (Å²) in [6.45, 7) is 8.07. The maximum atomic E-state index is 12.0. The molecule has 0 saturated carbocycles. The third kappa shape index (κ3) is 3.59. The second-order valence-corrected chi connectivity index (χ2v) is 6.39. The zero-order chi connectivity index (χ0) is 14.1. The molecule has 1 atom stereocenters. The minimum absolute atomic E-state index is 0.0695. The molecule has 0 aromatic rings. The van der Waals surface area contributed by atoms with Crippen molar-refractivity contribution in [2.75, 3.05) is 26.2 Å². The molecule has 0 aromatic heterocycles. The van der Waals surface area contributed by atoms with E-state index in [4.69, 9.17) is 4.74 Å². The summed E-state index contributed by atoms with van der Waals surface area (Å²) in [6, 6.07) is 0. The van der Waals surface area contributed by atoms with Crippen molar-refractivity contribution < 1.29 is 14.3 Å². The van der Waals surface area contributed by atoms with Crippen molar-refractivity contribution in [3.05, 3.63) is 0 Å². The first-order valence-electron chi connectivity index (χ1n) is 6.79. The van der Waals surface area contributed by atoms with Crippen molar-refractivity contribution in [3.63, 3.8) is 0 Å². The molecule has 1 unspecified atom stereocenters. The molecule has 1 spiro atoms. The number of carbonyl (C=O) groups excluding carboxylic acids is 2. The zero-order valence-electron chi connectivity index (χ0n) is 11.9. The number of ether oxygens (including phenoxy) is 1.